The predicted molar refractivity (Wildman–Crippen MR) is 178 cm³/mol. The molecule has 0 aliphatic rings. The van der Waals surface area contributed by atoms with Gasteiger partial charge in [-0.2, -0.15) is 0 Å². The molecule has 0 unspecified atom stereocenters. The third kappa shape index (κ3) is 8.92. The maximum absolute atomic E-state index is 14.4. The number of amides is 2. The minimum absolute atomic E-state index is 0.0118. The van der Waals surface area contributed by atoms with Crippen LogP contribution in [0.25, 0.3) is 0 Å². The number of halogens is 1. The quantitative estimate of drug-likeness (QED) is 0.133. The van der Waals surface area contributed by atoms with Crippen molar-refractivity contribution in [2.75, 3.05) is 17.4 Å². The van der Waals surface area contributed by atoms with E-state index in [0.29, 0.717) is 17.1 Å². The molecule has 0 aliphatic heterocycles. The van der Waals surface area contributed by atoms with Crippen LogP contribution in [0.15, 0.2) is 114 Å². The van der Waals surface area contributed by atoms with Crippen molar-refractivity contribution in [2.24, 2.45) is 5.92 Å². The van der Waals surface area contributed by atoms with Crippen LogP contribution >= 0.6 is 11.6 Å². The third-order valence-corrected chi connectivity index (χ3v) is 9.22. The number of nitro groups is 1. The molecule has 0 bridgehead atoms. The van der Waals surface area contributed by atoms with Gasteiger partial charge < -0.3 is 10.2 Å². The van der Waals surface area contributed by atoms with Crippen molar-refractivity contribution < 1.29 is 22.9 Å². The molecular weight excluding hydrogens is 628 g/mol. The van der Waals surface area contributed by atoms with Crippen LogP contribution in [0.5, 0.6) is 0 Å². The minimum Gasteiger partial charge on any atom is -0.354 e. The molecule has 0 fully saturated rings. The molecule has 46 heavy (non-hydrogen) atoms. The van der Waals surface area contributed by atoms with Crippen LogP contribution in [0.1, 0.15) is 25.0 Å². The second-order valence-electron chi connectivity index (χ2n) is 11.1. The fourth-order valence-electron chi connectivity index (χ4n) is 4.75. The highest BCUT2D eigenvalue weighted by Crippen LogP contribution is 2.27. The second kappa shape index (κ2) is 15.5. The van der Waals surface area contributed by atoms with E-state index in [-0.39, 0.29) is 41.1 Å². The average Bonchev–Trinajstić information content (AvgIpc) is 3.05. The van der Waals surface area contributed by atoms with Crippen LogP contribution in [0, 0.1) is 16.0 Å². The molecule has 2 amide bonds. The predicted octanol–water partition coefficient (Wildman–Crippen LogP) is 5.86. The number of carbonyl (C=O) groups is 2. The number of carbonyl (C=O) groups excluding carboxylic acids is 2. The van der Waals surface area contributed by atoms with Crippen molar-refractivity contribution in [2.45, 2.75) is 37.8 Å². The summed E-state index contributed by atoms with van der Waals surface area (Å²) < 4.78 is 28.9. The van der Waals surface area contributed by atoms with Crippen LogP contribution < -0.4 is 9.62 Å². The van der Waals surface area contributed by atoms with Gasteiger partial charge in [-0.3, -0.25) is 24.0 Å². The molecule has 0 spiro atoms. The summed E-state index contributed by atoms with van der Waals surface area (Å²) in [5, 5.41) is 14.7. The number of nitrogens with zero attached hydrogens (tertiary/aromatic N) is 3. The standard InChI is InChI=1S/C34H35ClN4O6S/c1-25(2)22-36-34(41)32(21-26-9-5-3-6-10-26)37(23-27-13-15-28(35)16-14-27)33(40)24-38(29-17-19-30(20-18-29)39(42)43)46(44,45)31-11-7-4-8-12-31/h3-20,25,32H,21-24H2,1-2H3,(H,36,41)/t32-/m1/s1. The van der Waals surface area contributed by atoms with Crippen molar-refractivity contribution >= 4 is 44.8 Å². The molecule has 0 saturated heterocycles. The Hall–Kier alpha value is -4.74. The lowest BCUT2D eigenvalue weighted by Gasteiger charge is -2.34. The Kier molecular flexibility index (Phi) is 11.5. The monoisotopic (exact) mass is 662 g/mol. The van der Waals surface area contributed by atoms with Gasteiger partial charge >= 0.3 is 0 Å². The first-order chi connectivity index (χ1) is 22.0. The van der Waals surface area contributed by atoms with E-state index in [1.165, 1.54) is 41.3 Å². The number of benzene rings is 4. The zero-order valence-electron chi connectivity index (χ0n) is 25.5. The molecule has 0 aliphatic carbocycles. The first-order valence-electron chi connectivity index (χ1n) is 14.6. The van der Waals surface area contributed by atoms with Gasteiger partial charge in [0.15, 0.2) is 0 Å². The average molecular weight is 663 g/mol. The SMILES string of the molecule is CC(C)CNC(=O)[C@@H](Cc1ccccc1)N(Cc1ccc(Cl)cc1)C(=O)CN(c1ccc([N+](=O)[O-])cc1)S(=O)(=O)c1ccccc1. The molecule has 4 rings (SSSR count). The summed E-state index contributed by atoms with van der Waals surface area (Å²) in [4.78, 5) is 40.3. The van der Waals surface area contributed by atoms with E-state index in [9.17, 15) is 28.1 Å². The summed E-state index contributed by atoms with van der Waals surface area (Å²) in [6.45, 7) is 3.61. The van der Waals surface area contributed by atoms with Crippen molar-refractivity contribution in [1.82, 2.24) is 10.2 Å². The largest absolute Gasteiger partial charge is 0.354 e. The van der Waals surface area contributed by atoms with E-state index in [1.807, 2.05) is 44.2 Å². The lowest BCUT2D eigenvalue weighted by molar-refractivity contribution is -0.384. The number of nitro benzene ring substituents is 1. The van der Waals surface area contributed by atoms with Gasteiger partial charge in [-0.05, 0) is 53.4 Å². The smallest absolute Gasteiger partial charge is 0.269 e. The molecule has 1 N–H and O–H groups in total. The van der Waals surface area contributed by atoms with E-state index in [1.54, 1.807) is 42.5 Å². The number of rotatable bonds is 14. The molecule has 0 radical (unpaired) electrons. The van der Waals surface area contributed by atoms with Crippen molar-refractivity contribution in [1.29, 1.82) is 0 Å². The van der Waals surface area contributed by atoms with Crippen LogP contribution in [0.2, 0.25) is 5.02 Å². The fraction of sp³-hybridized carbons (Fsp3) is 0.235. The number of nitrogens with one attached hydrogen (secondary N) is 1. The van der Waals surface area contributed by atoms with Crippen LogP contribution in [-0.2, 0) is 32.6 Å². The van der Waals surface area contributed by atoms with Crippen LogP contribution in [-0.4, -0.2) is 49.2 Å². The lowest BCUT2D eigenvalue weighted by Crippen LogP contribution is -2.53. The summed E-state index contributed by atoms with van der Waals surface area (Å²) in [5.41, 5.74) is 1.31. The van der Waals surface area contributed by atoms with Gasteiger partial charge in [0.1, 0.15) is 12.6 Å². The van der Waals surface area contributed by atoms with Gasteiger partial charge in [0.05, 0.1) is 15.5 Å². The van der Waals surface area contributed by atoms with E-state index in [0.717, 1.165) is 9.87 Å². The highest BCUT2D eigenvalue weighted by atomic mass is 35.5. The summed E-state index contributed by atoms with van der Waals surface area (Å²) in [5.74, 6) is -0.878. The Labute approximate surface area is 273 Å². The maximum Gasteiger partial charge on any atom is 0.269 e. The Morgan fingerprint density at radius 3 is 2.00 bits per heavy atom. The van der Waals surface area contributed by atoms with E-state index in [2.05, 4.69) is 5.32 Å². The zero-order chi connectivity index (χ0) is 33.3. The summed E-state index contributed by atoms with van der Waals surface area (Å²) in [7, 11) is -4.32. The minimum atomic E-state index is -4.32. The number of hydrogen-bond donors (Lipinski definition) is 1. The second-order valence-corrected chi connectivity index (χ2v) is 13.4. The van der Waals surface area contributed by atoms with E-state index >= 15 is 0 Å². The van der Waals surface area contributed by atoms with Gasteiger partial charge in [-0.25, -0.2) is 8.42 Å². The summed E-state index contributed by atoms with van der Waals surface area (Å²) in [6, 6.07) is 27.6. The molecule has 0 aromatic heterocycles. The Morgan fingerprint density at radius 2 is 1.43 bits per heavy atom. The molecule has 0 saturated carbocycles. The molecule has 240 valence electrons. The normalized spacial score (nSPS) is 11.9. The number of hydrogen-bond acceptors (Lipinski definition) is 6. The van der Waals surface area contributed by atoms with Crippen LogP contribution in [0.3, 0.4) is 0 Å². The van der Waals surface area contributed by atoms with Crippen molar-refractivity contribution in [3.05, 3.63) is 135 Å². The molecular formula is C34H35ClN4O6S. The number of sulfonamides is 1. The van der Waals surface area contributed by atoms with E-state index in [4.69, 9.17) is 11.6 Å². The highest BCUT2D eigenvalue weighted by Gasteiger charge is 2.34. The molecule has 4 aromatic carbocycles. The van der Waals surface area contributed by atoms with Gasteiger partial charge in [0.2, 0.25) is 11.8 Å². The Morgan fingerprint density at radius 1 is 0.848 bits per heavy atom. The Bertz CT molecular complexity index is 1740. The van der Waals surface area contributed by atoms with E-state index < -0.39 is 33.4 Å². The van der Waals surface area contributed by atoms with Crippen molar-refractivity contribution in [3.63, 3.8) is 0 Å². The number of anilines is 1. The lowest BCUT2D eigenvalue weighted by atomic mass is 10.0. The first-order valence-corrected chi connectivity index (χ1v) is 16.5. The van der Waals surface area contributed by atoms with Crippen molar-refractivity contribution in [3.8, 4) is 0 Å². The first kappa shape index (κ1) is 34.1. The molecule has 0 heterocycles. The topological polar surface area (TPSA) is 130 Å². The molecule has 1 atom stereocenters. The molecule has 10 nitrogen and oxygen atoms in total. The summed E-state index contributed by atoms with van der Waals surface area (Å²) >= 11 is 6.12. The number of non-ortho nitro benzene ring substituents is 1. The zero-order valence-corrected chi connectivity index (χ0v) is 27.0. The van der Waals surface area contributed by atoms with Gasteiger partial charge in [-0.1, -0.05) is 86.1 Å². The highest BCUT2D eigenvalue weighted by molar-refractivity contribution is 7.92. The van der Waals surface area contributed by atoms with Gasteiger partial charge in [0, 0.05) is 36.7 Å². The fourth-order valence-corrected chi connectivity index (χ4v) is 6.31. The summed E-state index contributed by atoms with van der Waals surface area (Å²) in [6.07, 6.45) is 0.174. The van der Waals surface area contributed by atoms with Crippen LogP contribution in [0.4, 0.5) is 11.4 Å². The van der Waals surface area contributed by atoms with Gasteiger partial charge in [0.25, 0.3) is 15.7 Å². The molecule has 12 heteroatoms. The third-order valence-electron chi connectivity index (χ3n) is 7.18. The maximum atomic E-state index is 14.4. The molecule has 4 aromatic rings. The Balaban J connectivity index is 1.80. The van der Waals surface area contributed by atoms with Gasteiger partial charge in [-0.15, -0.1) is 0 Å².